The Hall–Kier alpha value is -1.03. The van der Waals surface area contributed by atoms with Gasteiger partial charge in [0.2, 0.25) is 0 Å². The van der Waals surface area contributed by atoms with Gasteiger partial charge in [0.05, 0.1) is 0 Å². The number of thiophene rings is 1. The molecular formula is C15H23NO2S. The molecule has 1 aliphatic rings. The van der Waals surface area contributed by atoms with Crippen LogP contribution in [0.15, 0.2) is 10.8 Å². The minimum Gasteiger partial charge on any atom is -0.444 e. The van der Waals surface area contributed by atoms with Crippen LogP contribution >= 0.6 is 11.3 Å². The largest absolute Gasteiger partial charge is 0.444 e. The molecule has 1 aromatic rings. The third-order valence-corrected chi connectivity index (χ3v) is 4.34. The predicted molar refractivity (Wildman–Crippen MR) is 78.7 cm³/mol. The Labute approximate surface area is 119 Å². The molecular weight excluding hydrogens is 258 g/mol. The van der Waals surface area contributed by atoms with E-state index in [1.54, 1.807) is 16.2 Å². The zero-order chi connectivity index (χ0) is 14.0. The van der Waals surface area contributed by atoms with Crippen LogP contribution in [0.4, 0.5) is 4.79 Å². The highest BCUT2D eigenvalue weighted by atomic mass is 32.1. The molecule has 0 saturated heterocycles. The molecule has 0 fully saturated rings. The molecule has 1 atom stereocenters. The fourth-order valence-corrected chi connectivity index (χ4v) is 3.36. The molecule has 0 saturated carbocycles. The molecule has 106 valence electrons. The van der Waals surface area contributed by atoms with Crippen LogP contribution in [0.2, 0.25) is 0 Å². The molecule has 1 amide bonds. The van der Waals surface area contributed by atoms with Gasteiger partial charge in [0.1, 0.15) is 5.60 Å². The molecule has 1 aliphatic carbocycles. The van der Waals surface area contributed by atoms with E-state index < -0.39 is 5.60 Å². The first-order valence-electron chi connectivity index (χ1n) is 6.86. The van der Waals surface area contributed by atoms with Crippen molar-refractivity contribution < 1.29 is 9.53 Å². The van der Waals surface area contributed by atoms with E-state index in [2.05, 4.69) is 10.8 Å². The number of likely N-dealkylation sites (N-methyl/N-ethyl adjacent to an activating group) is 1. The van der Waals surface area contributed by atoms with Gasteiger partial charge in [-0.1, -0.05) is 0 Å². The van der Waals surface area contributed by atoms with Gasteiger partial charge < -0.3 is 9.64 Å². The van der Waals surface area contributed by atoms with E-state index in [0.29, 0.717) is 0 Å². The summed E-state index contributed by atoms with van der Waals surface area (Å²) < 4.78 is 5.45. The predicted octanol–water partition coefficient (Wildman–Crippen LogP) is 3.86. The van der Waals surface area contributed by atoms with Crippen molar-refractivity contribution in [1.29, 1.82) is 0 Å². The summed E-state index contributed by atoms with van der Waals surface area (Å²) in [7, 11) is 1.86. The summed E-state index contributed by atoms with van der Waals surface area (Å²) in [5, 5.41) is 4.46. The van der Waals surface area contributed by atoms with Gasteiger partial charge in [-0.2, -0.15) is 11.3 Å². The van der Waals surface area contributed by atoms with Crippen LogP contribution < -0.4 is 0 Å². The van der Waals surface area contributed by atoms with Gasteiger partial charge in [-0.3, -0.25) is 0 Å². The van der Waals surface area contributed by atoms with Crippen molar-refractivity contribution in [3.05, 3.63) is 21.9 Å². The summed E-state index contributed by atoms with van der Waals surface area (Å²) in [4.78, 5) is 13.9. The van der Waals surface area contributed by atoms with Crippen molar-refractivity contribution in [2.45, 2.75) is 58.1 Å². The van der Waals surface area contributed by atoms with Crippen LogP contribution in [0, 0.1) is 0 Å². The number of fused-ring (bicyclic) bond motifs is 1. The van der Waals surface area contributed by atoms with E-state index in [4.69, 9.17) is 4.74 Å². The lowest BCUT2D eigenvalue weighted by Gasteiger charge is -2.30. The lowest BCUT2D eigenvalue weighted by atomic mass is 10.1. The molecule has 1 heterocycles. The molecule has 1 aromatic heterocycles. The van der Waals surface area contributed by atoms with Crippen molar-refractivity contribution in [3.63, 3.8) is 0 Å². The maximum absolute atomic E-state index is 12.1. The monoisotopic (exact) mass is 281 g/mol. The van der Waals surface area contributed by atoms with Gasteiger partial charge in [0.15, 0.2) is 0 Å². The topological polar surface area (TPSA) is 29.5 Å². The molecule has 3 nitrogen and oxygen atoms in total. The van der Waals surface area contributed by atoms with Crippen LogP contribution in [0.25, 0.3) is 0 Å². The first-order chi connectivity index (χ1) is 8.87. The minimum absolute atomic E-state index is 0.212. The first-order valence-corrected chi connectivity index (χ1v) is 7.81. The standard InChI is InChI=1S/C15H23NO2S/c1-15(2,3)18-14(17)16(4)13-7-5-6-11-9-19-10-12(11)8-13/h9-10,13H,5-8H2,1-4H3. The Balaban J connectivity index is 2.03. The molecule has 4 heteroatoms. The third kappa shape index (κ3) is 3.72. The van der Waals surface area contributed by atoms with Gasteiger partial charge in [0, 0.05) is 13.1 Å². The highest BCUT2D eigenvalue weighted by Gasteiger charge is 2.27. The number of hydrogen-bond donors (Lipinski definition) is 0. The van der Waals surface area contributed by atoms with Crippen LogP contribution in [0.3, 0.4) is 0 Å². The van der Waals surface area contributed by atoms with Gasteiger partial charge in [-0.15, -0.1) is 0 Å². The SMILES string of the molecule is CN(C(=O)OC(C)(C)C)C1CCCc2cscc2C1. The molecule has 1 unspecified atom stereocenters. The summed E-state index contributed by atoms with van der Waals surface area (Å²) in [5.74, 6) is 0. The summed E-state index contributed by atoms with van der Waals surface area (Å²) in [6.07, 6.45) is 4.07. The van der Waals surface area contributed by atoms with Crippen LogP contribution in [-0.4, -0.2) is 29.7 Å². The molecule has 19 heavy (non-hydrogen) atoms. The number of rotatable bonds is 1. The first kappa shape index (κ1) is 14.4. The van der Waals surface area contributed by atoms with E-state index in [1.165, 1.54) is 11.1 Å². The molecule has 0 spiro atoms. The summed E-state index contributed by atoms with van der Waals surface area (Å²) in [5.41, 5.74) is 2.44. The maximum atomic E-state index is 12.1. The van der Waals surface area contributed by atoms with E-state index in [1.807, 2.05) is 27.8 Å². The Morgan fingerprint density at radius 1 is 1.37 bits per heavy atom. The number of carbonyl (C=O) groups is 1. The fraction of sp³-hybridized carbons (Fsp3) is 0.667. The van der Waals surface area contributed by atoms with Crippen molar-refractivity contribution >= 4 is 17.4 Å². The summed E-state index contributed by atoms with van der Waals surface area (Å²) in [6, 6.07) is 0.255. The van der Waals surface area contributed by atoms with Crippen LogP contribution in [-0.2, 0) is 17.6 Å². The second-order valence-electron chi connectivity index (χ2n) is 6.26. The lowest BCUT2D eigenvalue weighted by Crippen LogP contribution is -2.41. The minimum atomic E-state index is -0.427. The number of hydrogen-bond acceptors (Lipinski definition) is 3. The van der Waals surface area contributed by atoms with Crippen LogP contribution in [0.5, 0.6) is 0 Å². The average Bonchev–Trinajstić information content (AvgIpc) is 2.63. The molecule has 2 rings (SSSR count). The second-order valence-corrected chi connectivity index (χ2v) is 7.01. The zero-order valence-corrected chi connectivity index (χ0v) is 13.0. The third-order valence-electron chi connectivity index (χ3n) is 3.50. The maximum Gasteiger partial charge on any atom is 0.410 e. The number of nitrogens with zero attached hydrogens (tertiary/aromatic N) is 1. The highest BCUT2D eigenvalue weighted by molar-refractivity contribution is 7.08. The van der Waals surface area contributed by atoms with Gasteiger partial charge in [-0.05, 0) is 68.3 Å². The molecule has 0 radical (unpaired) electrons. The molecule has 0 bridgehead atoms. The number of carbonyl (C=O) groups excluding carboxylic acids is 1. The van der Waals surface area contributed by atoms with Crippen molar-refractivity contribution in [2.24, 2.45) is 0 Å². The number of amides is 1. The molecule has 0 N–H and O–H groups in total. The quantitative estimate of drug-likeness (QED) is 0.731. The van der Waals surface area contributed by atoms with E-state index >= 15 is 0 Å². The molecule has 0 aromatic carbocycles. The molecule has 0 aliphatic heterocycles. The zero-order valence-electron chi connectivity index (χ0n) is 12.2. The Bertz CT molecular complexity index is 447. The summed E-state index contributed by atoms with van der Waals surface area (Å²) in [6.45, 7) is 5.72. The van der Waals surface area contributed by atoms with Crippen LogP contribution in [0.1, 0.15) is 44.7 Å². The van der Waals surface area contributed by atoms with E-state index in [9.17, 15) is 4.79 Å². The van der Waals surface area contributed by atoms with Crippen molar-refractivity contribution in [2.75, 3.05) is 7.05 Å². The van der Waals surface area contributed by atoms with Gasteiger partial charge in [-0.25, -0.2) is 4.79 Å². The van der Waals surface area contributed by atoms with Gasteiger partial charge in [0.25, 0.3) is 0 Å². The Kier molecular flexibility index (Phi) is 4.19. The fourth-order valence-electron chi connectivity index (χ4n) is 2.45. The van der Waals surface area contributed by atoms with Crippen molar-refractivity contribution in [3.8, 4) is 0 Å². The highest BCUT2D eigenvalue weighted by Crippen LogP contribution is 2.26. The average molecular weight is 281 g/mol. The summed E-state index contributed by atoms with van der Waals surface area (Å²) >= 11 is 1.76. The second kappa shape index (κ2) is 5.53. The number of ether oxygens (including phenoxy) is 1. The van der Waals surface area contributed by atoms with E-state index in [0.717, 1.165) is 25.7 Å². The number of aryl methyl sites for hydroxylation is 1. The Morgan fingerprint density at radius 3 is 2.74 bits per heavy atom. The Morgan fingerprint density at radius 2 is 2.05 bits per heavy atom. The van der Waals surface area contributed by atoms with Crippen molar-refractivity contribution in [1.82, 2.24) is 4.90 Å². The smallest absolute Gasteiger partial charge is 0.410 e. The van der Waals surface area contributed by atoms with Gasteiger partial charge >= 0.3 is 6.09 Å². The van der Waals surface area contributed by atoms with E-state index in [-0.39, 0.29) is 12.1 Å². The lowest BCUT2D eigenvalue weighted by molar-refractivity contribution is 0.0215. The normalized spacial score (nSPS) is 19.5.